The van der Waals surface area contributed by atoms with Crippen molar-refractivity contribution in [2.24, 2.45) is 5.92 Å². The van der Waals surface area contributed by atoms with Crippen LogP contribution in [0.3, 0.4) is 0 Å². The van der Waals surface area contributed by atoms with Gasteiger partial charge in [0, 0.05) is 24.7 Å². The smallest absolute Gasteiger partial charge is 0.292 e. The van der Waals surface area contributed by atoms with E-state index in [4.69, 9.17) is 4.52 Å². The molecule has 0 aliphatic carbocycles. The standard InChI is InChI=1S/C22H22N2O2/c25-22(21-16-20(23-26-21)19-9-5-2-6-10-19)24-13-11-18(12-14-24)15-17-7-3-1-4-8-17/h1-10,16,18H,11-15H2. The van der Waals surface area contributed by atoms with Gasteiger partial charge in [0.25, 0.3) is 5.91 Å². The van der Waals surface area contributed by atoms with Gasteiger partial charge in [-0.3, -0.25) is 4.79 Å². The molecule has 0 spiro atoms. The summed E-state index contributed by atoms with van der Waals surface area (Å²) >= 11 is 0. The molecule has 132 valence electrons. The maximum atomic E-state index is 12.7. The van der Waals surface area contributed by atoms with E-state index in [1.807, 2.05) is 41.3 Å². The molecule has 4 rings (SSSR count). The topological polar surface area (TPSA) is 46.3 Å². The van der Waals surface area contributed by atoms with Crippen molar-refractivity contribution in [1.82, 2.24) is 10.1 Å². The molecule has 1 saturated heterocycles. The van der Waals surface area contributed by atoms with Crippen molar-refractivity contribution >= 4 is 5.91 Å². The van der Waals surface area contributed by atoms with Crippen LogP contribution in [0.25, 0.3) is 11.3 Å². The number of rotatable bonds is 4. The number of nitrogens with zero attached hydrogens (tertiary/aromatic N) is 2. The molecule has 3 aromatic rings. The van der Waals surface area contributed by atoms with Gasteiger partial charge in [0.15, 0.2) is 0 Å². The normalized spacial score (nSPS) is 15.2. The molecule has 2 aromatic carbocycles. The molecular weight excluding hydrogens is 324 g/mol. The van der Waals surface area contributed by atoms with Gasteiger partial charge in [-0.25, -0.2) is 0 Å². The van der Waals surface area contributed by atoms with E-state index < -0.39 is 0 Å². The Morgan fingerprint density at radius 3 is 2.35 bits per heavy atom. The third-order valence-electron chi connectivity index (χ3n) is 5.06. The number of likely N-dealkylation sites (tertiary alicyclic amines) is 1. The predicted molar refractivity (Wildman–Crippen MR) is 101 cm³/mol. The lowest BCUT2D eigenvalue weighted by Crippen LogP contribution is -2.38. The Morgan fingerprint density at radius 2 is 1.65 bits per heavy atom. The third kappa shape index (κ3) is 3.69. The third-order valence-corrected chi connectivity index (χ3v) is 5.06. The summed E-state index contributed by atoms with van der Waals surface area (Å²) in [7, 11) is 0. The van der Waals surface area contributed by atoms with Crippen LogP contribution in [0.15, 0.2) is 71.3 Å². The van der Waals surface area contributed by atoms with E-state index >= 15 is 0 Å². The zero-order valence-corrected chi connectivity index (χ0v) is 14.7. The van der Waals surface area contributed by atoms with Gasteiger partial charge in [0.05, 0.1) is 0 Å². The van der Waals surface area contributed by atoms with Crippen molar-refractivity contribution in [1.29, 1.82) is 0 Å². The number of piperidine rings is 1. The maximum absolute atomic E-state index is 12.7. The molecule has 4 heteroatoms. The summed E-state index contributed by atoms with van der Waals surface area (Å²) in [4.78, 5) is 14.6. The molecular formula is C22H22N2O2. The fraction of sp³-hybridized carbons (Fsp3) is 0.273. The fourth-order valence-electron chi connectivity index (χ4n) is 3.56. The Kier molecular flexibility index (Phi) is 4.82. The summed E-state index contributed by atoms with van der Waals surface area (Å²) < 4.78 is 5.32. The van der Waals surface area contributed by atoms with E-state index in [-0.39, 0.29) is 5.91 Å². The number of hydrogen-bond acceptors (Lipinski definition) is 3. The van der Waals surface area contributed by atoms with Crippen LogP contribution in [0.4, 0.5) is 0 Å². The summed E-state index contributed by atoms with van der Waals surface area (Å²) in [5.74, 6) is 0.902. The largest absolute Gasteiger partial charge is 0.350 e. The van der Waals surface area contributed by atoms with E-state index in [9.17, 15) is 4.79 Å². The molecule has 0 radical (unpaired) electrons. The summed E-state index contributed by atoms with van der Waals surface area (Å²) in [5.41, 5.74) is 3.03. The lowest BCUT2D eigenvalue weighted by Gasteiger charge is -2.31. The van der Waals surface area contributed by atoms with Crippen molar-refractivity contribution in [2.45, 2.75) is 19.3 Å². The average molecular weight is 346 g/mol. The Bertz CT molecular complexity index is 850. The summed E-state index contributed by atoms with van der Waals surface area (Å²) in [5, 5.41) is 4.05. The second-order valence-corrected chi connectivity index (χ2v) is 6.87. The molecule has 0 atom stereocenters. The summed E-state index contributed by atoms with van der Waals surface area (Å²) in [6.07, 6.45) is 3.14. The molecule has 0 N–H and O–H groups in total. The van der Waals surface area contributed by atoms with Gasteiger partial charge in [0.1, 0.15) is 5.69 Å². The van der Waals surface area contributed by atoms with Gasteiger partial charge in [-0.1, -0.05) is 65.8 Å². The minimum Gasteiger partial charge on any atom is -0.350 e. The van der Waals surface area contributed by atoms with Crippen LogP contribution >= 0.6 is 0 Å². The first kappa shape index (κ1) is 16.6. The Labute approximate surface area is 153 Å². The van der Waals surface area contributed by atoms with Crippen LogP contribution in [-0.4, -0.2) is 29.1 Å². The van der Waals surface area contributed by atoms with E-state index in [0.717, 1.165) is 37.9 Å². The Balaban J connectivity index is 1.36. The van der Waals surface area contributed by atoms with Gasteiger partial charge < -0.3 is 9.42 Å². The van der Waals surface area contributed by atoms with E-state index in [1.54, 1.807) is 6.07 Å². The van der Waals surface area contributed by atoms with Gasteiger partial charge in [-0.05, 0) is 30.7 Å². The predicted octanol–water partition coefficient (Wildman–Crippen LogP) is 4.44. The molecule has 0 unspecified atom stereocenters. The molecule has 1 fully saturated rings. The molecule has 0 saturated carbocycles. The minimum absolute atomic E-state index is 0.0576. The molecule has 1 amide bonds. The number of carbonyl (C=O) groups excluding carboxylic acids is 1. The zero-order valence-electron chi connectivity index (χ0n) is 14.7. The van der Waals surface area contributed by atoms with Gasteiger partial charge in [-0.2, -0.15) is 0 Å². The van der Waals surface area contributed by atoms with Crippen LogP contribution in [0, 0.1) is 5.92 Å². The first-order valence-corrected chi connectivity index (χ1v) is 9.15. The molecule has 1 aliphatic rings. The number of hydrogen-bond donors (Lipinski definition) is 0. The Hall–Kier alpha value is -2.88. The maximum Gasteiger partial charge on any atom is 0.292 e. The molecule has 1 aromatic heterocycles. The molecule has 2 heterocycles. The monoisotopic (exact) mass is 346 g/mol. The van der Waals surface area contributed by atoms with Crippen LogP contribution in [0.2, 0.25) is 0 Å². The quantitative estimate of drug-likeness (QED) is 0.702. The second kappa shape index (κ2) is 7.56. The number of amides is 1. The highest BCUT2D eigenvalue weighted by atomic mass is 16.5. The van der Waals surface area contributed by atoms with Crippen LogP contribution in [0.5, 0.6) is 0 Å². The van der Waals surface area contributed by atoms with Crippen LogP contribution in [-0.2, 0) is 6.42 Å². The summed E-state index contributed by atoms with van der Waals surface area (Å²) in [6, 6.07) is 22.1. The SMILES string of the molecule is O=C(c1cc(-c2ccccc2)no1)N1CCC(Cc2ccccc2)CC1. The van der Waals surface area contributed by atoms with Gasteiger partial charge >= 0.3 is 0 Å². The second-order valence-electron chi connectivity index (χ2n) is 6.87. The van der Waals surface area contributed by atoms with Gasteiger partial charge in [-0.15, -0.1) is 0 Å². The number of benzene rings is 2. The Morgan fingerprint density at radius 1 is 1.00 bits per heavy atom. The van der Waals surface area contributed by atoms with Crippen molar-refractivity contribution in [3.05, 3.63) is 78.1 Å². The highest BCUT2D eigenvalue weighted by molar-refractivity contribution is 5.92. The highest BCUT2D eigenvalue weighted by Gasteiger charge is 2.26. The van der Waals surface area contributed by atoms with Crippen molar-refractivity contribution in [2.75, 3.05) is 13.1 Å². The first-order valence-electron chi connectivity index (χ1n) is 9.15. The number of aromatic nitrogens is 1. The molecule has 26 heavy (non-hydrogen) atoms. The minimum atomic E-state index is -0.0576. The van der Waals surface area contributed by atoms with Crippen LogP contribution < -0.4 is 0 Å². The average Bonchev–Trinajstić information content (AvgIpc) is 3.20. The lowest BCUT2D eigenvalue weighted by molar-refractivity contribution is 0.0649. The zero-order chi connectivity index (χ0) is 17.8. The highest BCUT2D eigenvalue weighted by Crippen LogP contribution is 2.24. The van der Waals surface area contributed by atoms with Crippen molar-refractivity contribution in [3.8, 4) is 11.3 Å². The van der Waals surface area contributed by atoms with E-state index in [0.29, 0.717) is 17.4 Å². The summed E-state index contributed by atoms with van der Waals surface area (Å²) in [6.45, 7) is 1.55. The van der Waals surface area contributed by atoms with E-state index in [1.165, 1.54) is 5.56 Å². The molecule has 1 aliphatic heterocycles. The van der Waals surface area contributed by atoms with Crippen molar-refractivity contribution < 1.29 is 9.32 Å². The van der Waals surface area contributed by atoms with Crippen LogP contribution in [0.1, 0.15) is 29.0 Å². The number of carbonyl (C=O) groups is 1. The first-order chi connectivity index (χ1) is 12.8. The fourth-order valence-corrected chi connectivity index (χ4v) is 3.56. The van der Waals surface area contributed by atoms with E-state index in [2.05, 4.69) is 29.4 Å². The van der Waals surface area contributed by atoms with Crippen molar-refractivity contribution in [3.63, 3.8) is 0 Å². The molecule has 0 bridgehead atoms. The van der Waals surface area contributed by atoms with Gasteiger partial charge in [0.2, 0.25) is 5.76 Å². The lowest BCUT2D eigenvalue weighted by atomic mass is 9.90. The molecule has 4 nitrogen and oxygen atoms in total.